The van der Waals surface area contributed by atoms with Crippen LogP contribution in [0.15, 0.2) is 23.1 Å². The monoisotopic (exact) mass is 489 g/mol. The molecule has 2 saturated heterocycles. The minimum absolute atomic E-state index is 0.0906. The molecule has 3 rings (SSSR count). The van der Waals surface area contributed by atoms with Gasteiger partial charge in [0.05, 0.1) is 7.11 Å². The molecule has 0 saturated carbocycles. The average molecular weight is 490 g/mol. The second kappa shape index (κ2) is 9.61. The van der Waals surface area contributed by atoms with E-state index in [4.69, 9.17) is 4.74 Å². The summed E-state index contributed by atoms with van der Waals surface area (Å²) in [6.45, 7) is 3.13. The first-order valence-corrected chi connectivity index (χ1v) is 13.2. The highest BCUT2D eigenvalue weighted by Gasteiger charge is 2.35. The van der Waals surface area contributed by atoms with Crippen molar-refractivity contribution in [1.82, 2.24) is 22.7 Å². The molecule has 180 valence electrons. The van der Waals surface area contributed by atoms with Crippen LogP contribution in [0.2, 0.25) is 0 Å². The molecule has 2 aliphatic rings. The van der Waals surface area contributed by atoms with Gasteiger partial charge in [-0.3, -0.25) is 4.79 Å². The number of rotatable bonds is 6. The summed E-state index contributed by atoms with van der Waals surface area (Å²) in [5, 5.41) is 0. The van der Waals surface area contributed by atoms with Gasteiger partial charge in [-0.1, -0.05) is 0 Å². The van der Waals surface area contributed by atoms with E-state index in [0.717, 1.165) is 4.31 Å². The van der Waals surface area contributed by atoms with Crippen molar-refractivity contribution in [3.8, 4) is 5.75 Å². The molecule has 1 aromatic carbocycles. The Hall–Kier alpha value is -1.77. The highest BCUT2D eigenvalue weighted by molar-refractivity contribution is 7.89. The minimum atomic E-state index is -3.81. The summed E-state index contributed by atoms with van der Waals surface area (Å²) in [7, 11) is -1.24. The molecule has 0 N–H and O–H groups in total. The van der Waals surface area contributed by atoms with Crippen LogP contribution in [0.1, 0.15) is 10.4 Å². The number of amides is 1. The maximum Gasteiger partial charge on any atom is 0.282 e. The Bertz CT molecular complexity index is 1040. The first kappa shape index (κ1) is 24.9. The fourth-order valence-corrected chi connectivity index (χ4v) is 6.35. The summed E-state index contributed by atoms with van der Waals surface area (Å²) in [4.78, 5) is 16.6. The molecule has 1 aromatic rings. The summed E-state index contributed by atoms with van der Waals surface area (Å²) in [6, 6.07) is 4.28. The van der Waals surface area contributed by atoms with E-state index >= 15 is 0 Å². The second-order valence-electron chi connectivity index (χ2n) is 8.05. The Morgan fingerprint density at radius 3 is 1.94 bits per heavy atom. The van der Waals surface area contributed by atoms with Crippen LogP contribution in [0, 0.1) is 0 Å². The van der Waals surface area contributed by atoms with Crippen molar-refractivity contribution in [2.45, 2.75) is 4.90 Å². The van der Waals surface area contributed by atoms with Gasteiger partial charge < -0.3 is 14.5 Å². The number of nitrogens with zero attached hydrogens (tertiary/aromatic N) is 5. The number of carbonyl (C=O) groups excluding carboxylic acids is 1. The normalized spacial score (nSPS) is 20.0. The maximum atomic E-state index is 13.0. The molecule has 2 fully saturated rings. The van der Waals surface area contributed by atoms with Crippen LogP contribution in [-0.2, 0) is 20.2 Å². The minimum Gasteiger partial charge on any atom is -0.495 e. The molecular weight excluding hydrogens is 458 g/mol. The lowest BCUT2D eigenvalue weighted by Gasteiger charge is -2.39. The van der Waals surface area contributed by atoms with Gasteiger partial charge >= 0.3 is 0 Å². The standard InChI is InChI=1S/C19H31N5O6S2/c1-20(2)31(26,27)18-15-16(5-6-17(18)30-4)19(25)22-9-13-24(14-10-22)32(28,29)23-11-7-21(3)8-12-23/h5-6,15H,7-14H2,1-4H3. The van der Waals surface area contributed by atoms with Gasteiger partial charge in [-0.05, 0) is 25.2 Å². The molecular formula is C19H31N5O6S2. The third kappa shape index (κ3) is 4.92. The van der Waals surface area contributed by atoms with Gasteiger partial charge in [-0.2, -0.15) is 17.0 Å². The Morgan fingerprint density at radius 2 is 1.44 bits per heavy atom. The van der Waals surface area contributed by atoms with Crippen molar-refractivity contribution in [1.29, 1.82) is 0 Å². The Balaban J connectivity index is 1.72. The molecule has 32 heavy (non-hydrogen) atoms. The summed E-state index contributed by atoms with van der Waals surface area (Å²) in [5.74, 6) is -0.196. The van der Waals surface area contributed by atoms with E-state index in [1.165, 1.54) is 48.0 Å². The summed E-state index contributed by atoms with van der Waals surface area (Å²) >= 11 is 0. The summed E-state index contributed by atoms with van der Waals surface area (Å²) in [6.07, 6.45) is 0. The lowest BCUT2D eigenvalue weighted by molar-refractivity contribution is 0.0692. The number of carbonyl (C=O) groups is 1. The zero-order valence-corrected chi connectivity index (χ0v) is 20.5. The molecule has 1 amide bonds. The zero-order chi connectivity index (χ0) is 23.7. The molecule has 2 heterocycles. The Morgan fingerprint density at radius 1 is 0.906 bits per heavy atom. The van der Waals surface area contributed by atoms with Crippen molar-refractivity contribution in [3.63, 3.8) is 0 Å². The molecule has 0 bridgehead atoms. The smallest absolute Gasteiger partial charge is 0.282 e. The number of ether oxygens (including phenoxy) is 1. The van der Waals surface area contributed by atoms with Crippen molar-refractivity contribution in [2.75, 3.05) is 80.6 Å². The molecule has 0 unspecified atom stereocenters. The van der Waals surface area contributed by atoms with Gasteiger partial charge in [0.25, 0.3) is 16.1 Å². The predicted octanol–water partition coefficient (Wildman–Crippen LogP) is -0.804. The predicted molar refractivity (Wildman–Crippen MR) is 119 cm³/mol. The number of piperazine rings is 2. The summed E-state index contributed by atoms with van der Waals surface area (Å²) < 4.78 is 60.2. The van der Waals surface area contributed by atoms with Crippen LogP contribution in [0.5, 0.6) is 5.75 Å². The quantitative estimate of drug-likeness (QED) is 0.514. The highest BCUT2D eigenvalue weighted by Crippen LogP contribution is 2.27. The molecule has 0 spiro atoms. The zero-order valence-electron chi connectivity index (χ0n) is 18.9. The van der Waals surface area contributed by atoms with E-state index in [0.29, 0.717) is 26.2 Å². The SMILES string of the molecule is COc1ccc(C(=O)N2CCN(S(=O)(=O)N3CCN(C)CC3)CC2)cc1S(=O)(=O)N(C)C. The van der Waals surface area contributed by atoms with Crippen LogP contribution in [-0.4, -0.2) is 126 Å². The van der Waals surface area contributed by atoms with E-state index in [1.807, 2.05) is 7.05 Å². The molecule has 13 heteroatoms. The number of methoxy groups -OCH3 is 1. The van der Waals surface area contributed by atoms with Crippen LogP contribution in [0.25, 0.3) is 0 Å². The number of likely N-dealkylation sites (N-methyl/N-ethyl adjacent to an activating group) is 1. The van der Waals surface area contributed by atoms with E-state index in [1.54, 1.807) is 4.90 Å². The lowest BCUT2D eigenvalue weighted by Crippen LogP contribution is -2.57. The first-order valence-electron chi connectivity index (χ1n) is 10.3. The van der Waals surface area contributed by atoms with Crippen LogP contribution >= 0.6 is 0 Å². The van der Waals surface area contributed by atoms with Gasteiger partial charge in [0.15, 0.2) is 0 Å². The van der Waals surface area contributed by atoms with E-state index in [-0.39, 0.29) is 48.3 Å². The van der Waals surface area contributed by atoms with Crippen LogP contribution in [0.3, 0.4) is 0 Å². The Kier molecular flexibility index (Phi) is 7.47. The van der Waals surface area contributed by atoms with Gasteiger partial charge in [-0.15, -0.1) is 0 Å². The number of hydrogen-bond donors (Lipinski definition) is 0. The second-order valence-corrected chi connectivity index (χ2v) is 12.1. The average Bonchev–Trinajstić information content (AvgIpc) is 2.78. The first-order chi connectivity index (χ1) is 15.0. The van der Waals surface area contributed by atoms with Crippen molar-refractivity contribution in [3.05, 3.63) is 23.8 Å². The van der Waals surface area contributed by atoms with Gasteiger partial charge in [0.1, 0.15) is 10.6 Å². The largest absolute Gasteiger partial charge is 0.495 e. The Labute approximate surface area is 190 Å². The van der Waals surface area contributed by atoms with Crippen molar-refractivity contribution >= 4 is 26.1 Å². The van der Waals surface area contributed by atoms with Crippen molar-refractivity contribution in [2.24, 2.45) is 0 Å². The number of benzene rings is 1. The van der Waals surface area contributed by atoms with Crippen LogP contribution in [0.4, 0.5) is 0 Å². The third-order valence-electron chi connectivity index (χ3n) is 5.81. The van der Waals surface area contributed by atoms with E-state index in [2.05, 4.69) is 4.90 Å². The molecule has 2 aliphatic heterocycles. The molecule has 0 aliphatic carbocycles. The fraction of sp³-hybridized carbons (Fsp3) is 0.632. The number of hydrogen-bond acceptors (Lipinski definition) is 7. The van der Waals surface area contributed by atoms with Crippen LogP contribution < -0.4 is 4.74 Å². The third-order valence-corrected chi connectivity index (χ3v) is 9.68. The van der Waals surface area contributed by atoms with Gasteiger partial charge in [0, 0.05) is 72.0 Å². The molecule has 0 atom stereocenters. The summed E-state index contributed by atoms with van der Waals surface area (Å²) in [5.41, 5.74) is 0.210. The molecule has 0 radical (unpaired) electrons. The van der Waals surface area contributed by atoms with Crippen molar-refractivity contribution < 1.29 is 26.4 Å². The van der Waals surface area contributed by atoms with Gasteiger partial charge in [-0.25, -0.2) is 12.7 Å². The molecule has 0 aromatic heterocycles. The lowest BCUT2D eigenvalue weighted by atomic mass is 10.1. The maximum absolute atomic E-state index is 13.0. The van der Waals surface area contributed by atoms with E-state index in [9.17, 15) is 21.6 Å². The highest BCUT2D eigenvalue weighted by atomic mass is 32.2. The van der Waals surface area contributed by atoms with Gasteiger partial charge in [0.2, 0.25) is 10.0 Å². The number of sulfonamides is 1. The molecule has 11 nitrogen and oxygen atoms in total. The topological polar surface area (TPSA) is 111 Å². The van der Waals surface area contributed by atoms with E-state index < -0.39 is 20.2 Å². The fourth-order valence-electron chi connectivity index (χ4n) is 3.69.